The van der Waals surface area contributed by atoms with Crippen molar-refractivity contribution in [2.45, 2.75) is 59.5 Å². The van der Waals surface area contributed by atoms with Crippen LogP contribution in [0.4, 0.5) is 4.79 Å². The fourth-order valence-corrected chi connectivity index (χ4v) is 3.65. The third-order valence-electron chi connectivity index (χ3n) is 5.34. The van der Waals surface area contributed by atoms with E-state index in [1.165, 1.54) is 0 Å². The first-order valence-corrected chi connectivity index (χ1v) is 9.78. The van der Waals surface area contributed by atoms with Gasteiger partial charge in [0, 0.05) is 37.8 Å². The predicted molar refractivity (Wildman–Crippen MR) is 106 cm³/mol. The van der Waals surface area contributed by atoms with Gasteiger partial charge in [-0.1, -0.05) is 0 Å². The Labute approximate surface area is 166 Å². The lowest BCUT2D eigenvalue weighted by atomic mass is 9.78. The van der Waals surface area contributed by atoms with Crippen molar-refractivity contribution in [3.05, 3.63) is 33.2 Å². The lowest BCUT2D eigenvalue weighted by molar-refractivity contribution is -0.150. The van der Waals surface area contributed by atoms with Crippen LogP contribution in [-0.4, -0.2) is 46.8 Å². The van der Waals surface area contributed by atoms with E-state index >= 15 is 0 Å². The molecule has 0 spiro atoms. The molecule has 1 amide bonds. The van der Waals surface area contributed by atoms with Gasteiger partial charge in [0.15, 0.2) is 0 Å². The number of carbonyl (C=O) groups excluding carboxylic acids is 2. The summed E-state index contributed by atoms with van der Waals surface area (Å²) < 4.78 is 12.4. The smallest absolute Gasteiger partial charge is 0.410 e. The van der Waals surface area contributed by atoms with Crippen LogP contribution in [0.15, 0.2) is 10.9 Å². The molecule has 7 heteroatoms. The van der Waals surface area contributed by atoms with E-state index in [2.05, 4.69) is 0 Å². The van der Waals surface area contributed by atoms with Crippen LogP contribution >= 0.6 is 0 Å². The van der Waals surface area contributed by atoms with Gasteiger partial charge in [0.25, 0.3) is 5.56 Å². The molecule has 0 aliphatic carbocycles. The summed E-state index contributed by atoms with van der Waals surface area (Å²) in [5.41, 5.74) is 2.02. The Morgan fingerprint density at radius 1 is 1.25 bits per heavy atom. The van der Waals surface area contributed by atoms with Crippen molar-refractivity contribution in [2.24, 2.45) is 13.0 Å². The van der Waals surface area contributed by atoms with Gasteiger partial charge in [-0.05, 0) is 59.1 Å². The molecule has 2 atom stereocenters. The molecule has 7 nitrogen and oxygen atoms in total. The van der Waals surface area contributed by atoms with Crippen LogP contribution in [0.1, 0.15) is 56.9 Å². The van der Waals surface area contributed by atoms with E-state index in [1.54, 1.807) is 29.5 Å². The van der Waals surface area contributed by atoms with Crippen molar-refractivity contribution in [1.82, 2.24) is 9.47 Å². The van der Waals surface area contributed by atoms with Gasteiger partial charge >= 0.3 is 12.1 Å². The summed E-state index contributed by atoms with van der Waals surface area (Å²) in [5, 5.41) is 0. The third-order valence-corrected chi connectivity index (χ3v) is 5.34. The molecule has 0 bridgehead atoms. The number of ether oxygens (including phenoxy) is 2. The van der Waals surface area contributed by atoms with E-state index in [-0.39, 0.29) is 30.6 Å². The summed E-state index contributed by atoms with van der Waals surface area (Å²) in [4.78, 5) is 39.1. The fraction of sp³-hybridized carbons (Fsp3) is 0.667. The molecule has 28 heavy (non-hydrogen) atoms. The van der Waals surface area contributed by atoms with Crippen LogP contribution in [-0.2, 0) is 21.3 Å². The number of likely N-dealkylation sites (tertiary alicyclic amines) is 1. The monoisotopic (exact) mass is 392 g/mol. The third kappa shape index (κ3) is 4.75. The minimum atomic E-state index is -0.604. The Kier molecular flexibility index (Phi) is 6.57. The average molecular weight is 392 g/mol. The number of piperidine rings is 1. The Balaban J connectivity index is 2.37. The molecule has 1 saturated heterocycles. The highest BCUT2D eigenvalue weighted by atomic mass is 16.6. The van der Waals surface area contributed by atoms with Crippen LogP contribution in [0.5, 0.6) is 0 Å². The summed E-state index contributed by atoms with van der Waals surface area (Å²) >= 11 is 0. The SMILES string of the molecule is CCOC(=O)[C@H]1CN(C(=O)OC(C)(C)C)CC[C@@H]1c1cc(=O)n(C)c(C)c1C. The molecule has 2 rings (SSSR count). The maximum atomic E-state index is 12.7. The molecule has 2 heterocycles. The van der Waals surface area contributed by atoms with E-state index in [4.69, 9.17) is 9.47 Å². The normalized spacial score (nSPS) is 20.0. The predicted octanol–water partition coefficient (Wildman–Crippen LogP) is 2.91. The zero-order chi connectivity index (χ0) is 21.2. The maximum Gasteiger partial charge on any atom is 0.410 e. The molecule has 0 saturated carbocycles. The zero-order valence-corrected chi connectivity index (χ0v) is 18.0. The number of nitrogens with zero attached hydrogens (tertiary/aromatic N) is 2. The van der Waals surface area contributed by atoms with Gasteiger partial charge in [-0.25, -0.2) is 4.79 Å². The number of pyridine rings is 1. The Morgan fingerprint density at radius 2 is 1.89 bits per heavy atom. The molecule has 1 aliphatic heterocycles. The molecule has 0 radical (unpaired) electrons. The standard InChI is InChI=1S/C21H32N2O5/c1-8-27-19(25)17-12-23(20(26)28-21(4,5)6)10-9-15(17)16-11-18(24)22(7)14(3)13(16)2/h11,15,17H,8-10,12H2,1-7H3/t15-,17+/m1/s1. The lowest BCUT2D eigenvalue weighted by Gasteiger charge is -2.38. The Hall–Kier alpha value is -2.31. The summed E-state index contributed by atoms with van der Waals surface area (Å²) in [6.45, 7) is 12.0. The summed E-state index contributed by atoms with van der Waals surface area (Å²) in [7, 11) is 1.74. The van der Waals surface area contributed by atoms with E-state index in [9.17, 15) is 14.4 Å². The van der Waals surface area contributed by atoms with Crippen molar-refractivity contribution < 1.29 is 19.1 Å². The van der Waals surface area contributed by atoms with Gasteiger partial charge in [0.1, 0.15) is 5.60 Å². The highest BCUT2D eigenvalue weighted by Crippen LogP contribution is 2.36. The molecule has 0 unspecified atom stereocenters. The highest BCUT2D eigenvalue weighted by molar-refractivity contribution is 5.76. The molecule has 1 fully saturated rings. The Morgan fingerprint density at radius 3 is 2.46 bits per heavy atom. The second-order valence-corrected chi connectivity index (χ2v) is 8.39. The zero-order valence-electron chi connectivity index (χ0n) is 18.0. The lowest BCUT2D eigenvalue weighted by Crippen LogP contribution is -2.48. The van der Waals surface area contributed by atoms with Gasteiger partial charge in [0.05, 0.1) is 12.5 Å². The quantitative estimate of drug-likeness (QED) is 0.739. The molecular weight excluding hydrogens is 360 g/mol. The molecule has 0 N–H and O–H groups in total. The molecule has 1 aromatic rings. The minimum Gasteiger partial charge on any atom is -0.466 e. The number of rotatable bonds is 3. The second kappa shape index (κ2) is 8.37. The minimum absolute atomic E-state index is 0.102. The van der Waals surface area contributed by atoms with Crippen molar-refractivity contribution in [1.29, 1.82) is 0 Å². The van der Waals surface area contributed by atoms with Crippen LogP contribution in [0, 0.1) is 19.8 Å². The first kappa shape index (κ1) is 22.0. The van der Waals surface area contributed by atoms with Crippen LogP contribution in [0.3, 0.4) is 0 Å². The first-order valence-electron chi connectivity index (χ1n) is 9.78. The topological polar surface area (TPSA) is 77.8 Å². The van der Waals surface area contributed by atoms with Gasteiger partial charge in [-0.15, -0.1) is 0 Å². The molecule has 1 aliphatic rings. The van der Waals surface area contributed by atoms with Crippen LogP contribution in [0.25, 0.3) is 0 Å². The first-order chi connectivity index (χ1) is 13.0. The number of aromatic nitrogens is 1. The van der Waals surface area contributed by atoms with Gasteiger partial charge in [-0.2, -0.15) is 0 Å². The van der Waals surface area contributed by atoms with Crippen molar-refractivity contribution in [3.8, 4) is 0 Å². The average Bonchev–Trinajstić information content (AvgIpc) is 2.61. The van der Waals surface area contributed by atoms with Crippen molar-refractivity contribution in [3.63, 3.8) is 0 Å². The van der Waals surface area contributed by atoms with E-state index in [0.29, 0.717) is 13.0 Å². The summed E-state index contributed by atoms with van der Waals surface area (Å²) in [6, 6.07) is 1.61. The number of carbonyl (C=O) groups is 2. The van der Waals surface area contributed by atoms with E-state index in [1.807, 2.05) is 34.6 Å². The van der Waals surface area contributed by atoms with Gasteiger partial charge in [-0.3, -0.25) is 9.59 Å². The van der Waals surface area contributed by atoms with Gasteiger partial charge < -0.3 is 18.9 Å². The summed E-state index contributed by atoms with van der Waals surface area (Å²) in [5.74, 6) is -1.06. The number of amides is 1. The fourth-order valence-electron chi connectivity index (χ4n) is 3.65. The van der Waals surface area contributed by atoms with Crippen molar-refractivity contribution in [2.75, 3.05) is 19.7 Å². The maximum absolute atomic E-state index is 12.7. The number of hydrogen-bond acceptors (Lipinski definition) is 5. The van der Waals surface area contributed by atoms with Gasteiger partial charge in [0.2, 0.25) is 0 Å². The summed E-state index contributed by atoms with van der Waals surface area (Å²) in [6.07, 6.45) is 0.132. The molecule has 156 valence electrons. The van der Waals surface area contributed by atoms with Crippen LogP contribution < -0.4 is 5.56 Å². The molecular formula is C21H32N2O5. The second-order valence-electron chi connectivity index (χ2n) is 8.39. The highest BCUT2D eigenvalue weighted by Gasteiger charge is 2.40. The van der Waals surface area contributed by atoms with E-state index in [0.717, 1.165) is 16.8 Å². The largest absolute Gasteiger partial charge is 0.466 e. The number of esters is 1. The van der Waals surface area contributed by atoms with Crippen molar-refractivity contribution >= 4 is 12.1 Å². The van der Waals surface area contributed by atoms with Crippen LogP contribution in [0.2, 0.25) is 0 Å². The molecule has 1 aromatic heterocycles. The molecule has 0 aromatic carbocycles. The number of hydrogen-bond donors (Lipinski definition) is 0. The van der Waals surface area contributed by atoms with E-state index < -0.39 is 17.6 Å². The Bertz CT molecular complexity index is 806.